The Bertz CT molecular complexity index is 1400. The van der Waals surface area contributed by atoms with Gasteiger partial charge in [0.2, 0.25) is 0 Å². The van der Waals surface area contributed by atoms with Gasteiger partial charge >= 0.3 is 0 Å². The van der Waals surface area contributed by atoms with Gasteiger partial charge in [-0.05, 0) is 80.1 Å². The van der Waals surface area contributed by atoms with E-state index >= 15 is 0 Å². The molecule has 2 fully saturated rings. The highest BCUT2D eigenvalue weighted by molar-refractivity contribution is 5.92. The van der Waals surface area contributed by atoms with Crippen molar-refractivity contribution in [1.29, 1.82) is 0 Å². The molecular weight excluding hydrogens is 472 g/mol. The molecule has 0 amide bonds. The number of rotatable bonds is 7. The van der Waals surface area contributed by atoms with Gasteiger partial charge < -0.3 is 20.9 Å². The van der Waals surface area contributed by atoms with Crippen LogP contribution in [0, 0.1) is 0 Å². The van der Waals surface area contributed by atoms with E-state index in [1.807, 2.05) is 6.20 Å². The van der Waals surface area contributed by atoms with E-state index in [-0.39, 0.29) is 6.04 Å². The van der Waals surface area contributed by atoms with Gasteiger partial charge in [0.25, 0.3) is 0 Å². The monoisotopic (exact) mass is 508 g/mol. The number of aromatic amines is 1. The van der Waals surface area contributed by atoms with E-state index in [0.717, 1.165) is 90.8 Å². The lowest BCUT2D eigenvalue weighted by atomic mass is 10.1. The van der Waals surface area contributed by atoms with Crippen molar-refractivity contribution in [2.75, 3.05) is 36.4 Å². The molecule has 1 atom stereocenters. The van der Waals surface area contributed by atoms with E-state index in [2.05, 4.69) is 84.1 Å². The number of hydrogen-bond donors (Lipinski definition) is 3. The highest BCUT2D eigenvalue weighted by Crippen LogP contribution is 2.31. The number of likely N-dealkylation sites (tertiary alicyclic amines) is 1. The summed E-state index contributed by atoms with van der Waals surface area (Å²) in [6, 6.07) is 15.0. The zero-order valence-corrected chi connectivity index (χ0v) is 21.9. The summed E-state index contributed by atoms with van der Waals surface area (Å²) in [5.41, 5.74) is 13.0. The standard InChI is InChI=1S/C30H36N8/c1-21(27-16-22(11-12-32-27)18-37-13-5-6-24(31)19-37)35-25-9-7-23(8-10-25)28-17-26-29(36-28)33-20-34-30(26)38-14-3-2-4-15-38/h7-12,16-17,20,24,35H,1-6,13-15,18-19,31H2,(H,33,34,36). The number of nitrogens with one attached hydrogen (secondary N) is 2. The molecule has 4 aromatic rings. The van der Waals surface area contributed by atoms with Crippen molar-refractivity contribution >= 4 is 28.2 Å². The predicted octanol–water partition coefficient (Wildman–Crippen LogP) is 5.02. The Kier molecular flexibility index (Phi) is 7.07. The topological polar surface area (TPSA) is 99.0 Å². The molecule has 1 aromatic carbocycles. The molecule has 3 aromatic heterocycles. The first-order valence-corrected chi connectivity index (χ1v) is 13.7. The minimum atomic E-state index is 0.277. The second-order valence-electron chi connectivity index (χ2n) is 10.6. The second-order valence-corrected chi connectivity index (χ2v) is 10.6. The molecule has 2 aliphatic heterocycles. The van der Waals surface area contributed by atoms with Gasteiger partial charge in [-0.3, -0.25) is 9.88 Å². The van der Waals surface area contributed by atoms with E-state index in [1.165, 1.54) is 24.8 Å². The molecule has 5 heterocycles. The number of anilines is 2. The number of nitrogens with zero attached hydrogens (tertiary/aromatic N) is 5. The fourth-order valence-electron chi connectivity index (χ4n) is 5.64. The second kappa shape index (κ2) is 10.9. The third-order valence-corrected chi connectivity index (χ3v) is 7.63. The van der Waals surface area contributed by atoms with Crippen LogP contribution < -0.4 is 16.0 Å². The van der Waals surface area contributed by atoms with Crippen LogP contribution in [0.15, 0.2) is 61.6 Å². The Morgan fingerprint density at radius 3 is 2.66 bits per heavy atom. The summed E-state index contributed by atoms with van der Waals surface area (Å²) in [5, 5.41) is 4.50. The van der Waals surface area contributed by atoms with Crippen LogP contribution >= 0.6 is 0 Å². The first-order chi connectivity index (χ1) is 18.6. The van der Waals surface area contributed by atoms with Crippen molar-refractivity contribution in [3.63, 3.8) is 0 Å². The fraction of sp³-hybridized carbons (Fsp3) is 0.367. The summed E-state index contributed by atoms with van der Waals surface area (Å²) in [4.78, 5) is 21.9. The lowest BCUT2D eigenvalue weighted by Gasteiger charge is -2.30. The summed E-state index contributed by atoms with van der Waals surface area (Å²) >= 11 is 0. The van der Waals surface area contributed by atoms with Gasteiger partial charge in [-0.1, -0.05) is 18.7 Å². The SMILES string of the molecule is C=C(Nc1ccc(-c2cc3c(N4CCCCC4)ncnc3[nH]2)cc1)c1cc(CN2CCCC(N)C2)ccn1. The highest BCUT2D eigenvalue weighted by atomic mass is 15.2. The van der Waals surface area contributed by atoms with Gasteiger partial charge in [0, 0.05) is 49.8 Å². The van der Waals surface area contributed by atoms with E-state index in [1.54, 1.807) is 6.33 Å². The minimum Gasteiger partial charge on any atom is -0.356 e. The maximum absolute atomic E-state index is 6.16. The molecule has 196 valence electrons. The Balaban J connectivity index is 1.14. The first-order valence-electron chi connectivity index (χ1n) is 13.7. The molecule has 0 radical (unpaired) electrons. The van der Waals surface area contributed by atoms with Crippen LogP contribution in [0.1, 0.15) is 43.4 Å². The number of piperidine rings is 2. The molecule has 1 unspecified atom stereocenters. The van der Waals surface area contributed by atoms with E-state index in [9.17, 15) is 0 Å². The molecule has 2 aliphatic rings. The molecular formula is C30H36N8. The molecule has 38 heavy (non-hydrogen) atoms. The van der Waals surface area contributed by atoms with Gasteiger partial charge in [-0.25, -0.2) is 9.97 Å². The molecule has 0 spiro atoms. The molecule has 6 rings (SSSR count). The quantitative estimate of drug-likeness (QED) is 0.322. The number of nitrogens with two attached hydrogens (primary N) is 1. The van der Waals surface area contributed by atoms with E-state index in [4.69, 9.17) is 5.73 Å². The van der Waals surface area contributed by atoms with E-state index < -0.39 is 0 Å². The Morgan fingerprint density at radius 1 is 1.00 bits per heavy atom. The zero-order valence-electron chi connectivity index (χ0n) is 21.9. The molecule has 8 nitrogen and oxygen atoms in total. The van der Waals surface area contributed by atoms with Crippen LogP contribution in [0.25, 0.3) is 28.0 Å². The summed E-state index contributed by atoms with van der Waals surface area (Å²) in [6.07, 6.45) is 9.54. The molecule has 0 bridgehead atoms. The molecule has 4 N–H and O–H groups in total. The number of fused-ring (bicyclic) bond motifs is 1. The van der Waals surface area contributed by atoms with Crippen LogP contribution in [0.4, 0.5) is 11.5 Å². The van der Waals surface area contributed by atoms with Gasteiger partial charge in [-0.15, -0.1) is 0 Å². The molecule has 0 aliphatic carbocycles. The smallest absolute Gasteiger partial charge is 0.143 e. The average Bonchev–Trinajstić information content (AvgIpc) is 3.39. The van der Waals surface area contributed by atoms with Gasteiger partial charge in [-0.2, -0.15) is 0 Å². The number of pyridine rings is 1. The third kappa shape index (κ3) is 5.42. The van der Waals surface area contributed by atoms with Crippen molar-refractivity contribution in [2.24, 2.45) is 5.73 Å². The Morgan fingerprint density at radius 2 is 1.84 bits per heavy atom. The summed E-state index contributed by atoms with van der Waals surface area (Å²) in [5.74, 6) is 1.03. The molecule has 0 saturated carbocycles. The molecule has 2 saturated heterocycles. The number of aromatic nitrogens is 4. The van der Waals surface area contributed by atoms with Crippen molar-refractivity contribution in [2.45, 2.75) is 44.7 Å². The van der Waals surface area contributed by atoms with Gasteiger partial charge in [0.15, 0.2) is 0 Å². The Hall–Kier alpha value is -3.75. The number of hydrogen-bond acceptors (Lipinski definition) is 7. The van der Waals surface area contributed by atoms with Gasteiger partial charge in [0.05, 0.1) is 16.8 Å². The van der Waals surface area contributed by atoms with Crippen LogP contribution in [0.2, 0.25) is 0 Å². The fourth-order valence-corrected chi connectivity index (χ4v) is 5.64. The maximum atomic E-state index is 6.16. The van der Waals surface area contributed by atoms with Crippen LogP contribution in [-0.2, 0) is 6.54 Å². The van der Waals surface area contributed by atoms with Crippen LogP contribution in [0.5, 0.6) is 0 Å². The maximum Gasteiger partial charge on any atom is 0.143 e. The summed E-state index contributed by atoms with van der Waals surface area (Å²) in [7, 11) is 0. The largest absolute Gasteiger partial charge is 0.356 e. The van der Waals surface area contributed by atoms with E-state index in [0.29, 0.717) is 0 Å². The highest BCUT2D eigenvalue weighted by Gasteiger charge is 2.18. The van der Waals surface area contributed by atoms with Crippen molar-refractivity contribution in [3.8, 4) is 11.3 Å². The van der Waals surface area contributed by atoms with Crippen molar-refractivity contribution < 1.29 is 0 Å². The average molecular weight is 509 g/mol. The van der Waals surface area contributed by atoms with Crippen LogP contribution in [0.3, 0.4) is 0 Å². The summed E-state index contributed by atoms with van der Waals surface area (Å²) < 4.78 is 0. The minimum absolute atomic E-state index is 0.277. The third-order valence-electron chi connectivity index (χ3n) is 7.63. The lowest BCUT2D eigenvalue weighted by Crippen LogP contribution is -2.42. The van der Waals surface area contributed by atoms with Crippen molar-refractivity contribution in [1.82, 2.24) is 24.8 Å². The predicted molar refractivity (Wildman–Crippen MR) is 155 cm³/mol. The van der Waals surface area contributed by atoms with Crippen LogP contribution in [-0.4, -0.2) is 57.1 Å². The normalized spacial score (nSPS) is 18.6. The lowest BCUT2D eigenvalue weighted by molar-refractivity contribution is 0.201. The van der Waals surface area contributed by atoms with Gasteiger partial charge in [0.1, 0.15) is 17.8 Å². The Labute approximate surface area is 224 Å². The zero-order chi connectivity index (χ0) is 25.9. The first kappa shape index (κ1) is 24.6. The number of benzene rings is 1. The number of H-pyrrole nitrogens is 1. The van der Waals surface area contributed by atoms with Crippen molar-refractivity contribution in [3.05, 3.63) is 72.8 Å². The molecule has 8 heteroatoms. The summed E-state index contributed by atoms with van der Waals surface area (Å²) in [6.45, 7) is 9.30.